The van der Waals surface area contributed by atoms with Crippen molar-refractivity contribution in [2.45, 2.75) is 26.2 Å². The Morgan fingerprint density at radius 3 is 2.80 bits per heavy atom. The zero-order valence-corrected chi connectivity index (χ0v) is 8.60. The molecule has 1 heterocycles. The third kappa shape index (κ3) is 2.29. The summed E-state index contributed by atoms with van der Waals surface area (Å²) in [7, 11) is 0. The highest BCUT2D eigenvalue weighted by Crippen LogP contribution is 2.22. The lowest BCUT2D eigenvalue weighted by Gasteiger charge is -2.07. The Balaban J connectivity index is 3.14. The normalized spacial score (nSPS) is 11.8. The van der Waals surface area contributed by atoms with Crippen molar-refractivity contribution in [3.63, 3.8) is 0 Å². The first-order valence-electron chi connectivity index (χ1n) is 4.60. The summed E-state index contributed by atoms with van der Waals surface area (Å²) in [6.07, 6.45) is 1.85. The predicted molar refractivity (Wildman–Crippen MR) is 54.3 cm³/mol. The molecule has 0 fully saturated rings. The van der Waals surface area contributed by atoms with Crippen LogP contribution in [0.5, 0.6) is 0 Å². The lowest BCUT2D eigenvalue weighted by molar-refractivity contribution is -0.385. The third-order valence-corrected chi connectivity index (χ3v) is 2.21. The van der Waals surface area contributed by atoms with Crippen LogP contribution in [-0.2, 0) is 0 Å². The zero-order chi connectivity index (χ0) is 11.4. The van der Waals surface area contributed by atoms with E-state index < -0.39 is 4.92 Å². The van der Waals surface area contributed by atoms with Gasteiger partial charge in [0.25, 0.3) is 5.69 Å². The van der Waals surface area contributed by atoms with Gasteiger partial charge in [0, 0.05) is 6.07 Å². The standard InChI is InChI=1S/C10H11N3O2/c1-3-8(5-11)10-7(2)4-9(6-12-10)13(14)15/h4,6,8H,3H2,1-2H3. The first-order chi connectivity index (χ1) is 7.10. The quantitative estimate of drug-likeness (QED) is 0.560. The van der Waals surface area contributed by atoms with Crippen LogP contribution in [0.15, 0.2) is 12.3 Å². The van der Waals surface area contributed by atoms with Crippen LogP contribution in [0.3, 0.4) is 0 Å². The van der Waals surface area contributed by atoms with Crippen LogP contribution in [0.25, 0.3) is 0 Å². The van der Waals surface area contributed by atoms with E-state index in [2.05, 4.69) is 11.1 Å². The lowest BCUT2D eigenvalue weighted by Crippen LogP contribution is -2.02. The molecule has 0 N–H and O–H groups in total. The van der Waals surface area contributed by atoms with Gasteiger partial charge >= 0.3 is 0 Å². The molecule has 0 aliphatic heterocycles. The molecule has 0 radical (unpaired) electrons. The van der Waals surface area contributed by atoms with E-state index in [1.165, 1.54) is 12.3 Å². The van der Waals surface area contributed by atoms with Crippen molar-refractivity contribution in [3.05, 3.63) is 33.6 Å². The Morgan fingerprint density at radius 2 is 2.40 bits per heavy atom. The van der Waals surface area contributed by atoms with Gasteiger partial charge in [-0.15, -0.1) is 0 Å². The van der Waals surface area contributed by atoms with Crippen LogP contribution >= 0.6 is 0 Å². The highest BCUT2D eigenvalue weighted by atomic mass is 16.6. The maximum absolute atomic E-state index is 10.5. The van der Waals surface area contributed by atoms with Gasteiger partial charge in [0.05, 0.1) is 22.6 Å². The second-order valence-electron chi connectivity index (χ2n) is 3.24. The van der Waals surface area contributed by atoms with E-state index in [1.54, 1.807) is 6.92 Å². The summed E-state index contributed by atoms with van der Waals surface area (Å²) in [5, 5.41) is 19.3. The topological polar surface area (TPSA) is 79.8 Å². The summed E-state index contributed by atoms with van der Waals surface area (Å²) >= 11 is 0. The van der Waals surface area contributed by atoms with Gasteiger partial charge in [0.2, 0.25) is 0 Å². The maximum Gasteiger partial charge on any atom is 0.287 e. The van der Waals surface area contributed by atoms with E-state index in [0.717, 1.165) is 0 Å². The predicted octanol–water partition coefficient (Wildman–Crippen LogP) is 2.32. The number of rotatable bonds is 3. The number of pyridine rings is 1. The smallest absolute Gasteiger partial charge is 0.258 e. The molecular weight excluding hydrogens is 194 g/mol. The van der Waals surface area contributed by atoms with E-state index in [1.807, 2.05) is 6.92 Å². The molecule has 1 aromatic heterocycles. The summed E-state index contributed by atoms with van der Waals surface area (Å²) in [6, 6.07) is 3.57. The minimum atomic E-state index is -0.489. The van der Waals surface area contributed by atoms with Gasteiger partial charge in [-0.2, -0.15) is 5.26 Å². The summed E-state index contributed by atoms with van der Waals surface area (Å²) in [4.78, 5) is 14.0. The molecule has 1 atom stereocenters. The Morgan fingerprint density at radius 1 is 1.73 bits per heavy atom. The monoisotopic (exact) mass is 205 g/mol. The number of aryl methyl sites for hydroxylation is 1. The first-order valence-corrected chi connectivity index (χ1v) is 4.60. The molecular formula is C10H11N3O2. The molecule has 0 aliphatic carbocycles. The van der Waals surface area contributed by atoms with Gasteiger partial charge in [-0.1, -0.05) is 6.92 Å². The average Bonchev–Trinajstić information content (AvgIpc) is 2.21. The van der Waals surface area contributed by atoms with Gasteiger partial charge < -0.3 is 0 Å². The molecule has 78 valence electrons. The van der Waals surface area contributed by atoms with E-state index in [-0.39, 0.29) is 11.6 Å². The molecule has 1 aromatic rings. The number of hydrogen-bond acceptors (Lipinski definition) is 4. The van der Waals surface area contributed by atoms with E-state index in [9.17, 15) is 10.1 Å². The molecule has 5 heteroatoms. The van der Waals surface area contributed by atoms with Gasteiger partial charge in [0.1, 0.15) is 6.20 Å². The first kappa shape index (κ1) is 11.1. The average molecular weight is 205 g/mol. The second kappa shape index (κ2) is 4.51. The molecule has 0 bridgehead atoms. The molecule has 1 unspecified atom stereocenters. The van der Waals surface area contributed by atoms with Gasteiger partial charge in [-0.3, -0.25) is 15.1 Å². The fourth-order valence-corrected chi connectivity index (χ4v) is 1.38. The van der Waals surface area contributed by atoms with Crippen LogP contribution in [0.4, 0.5) is 5.69 Å². The highest BCUT2D eigenvalue weighted by molar-refractivity contribution is 5.36. The number of aromatic nitrogens is 1. The zero-order valence-electron chi connectivity index (χ0n) is 8.60. The van der Waals surface area contributed by atoms with E-state index >= 15 is 0 Å². The van der Waals surface area contributed by atoms with Crippen molar-refractivity contribution in [3.8, 4) is 6.07 Å². The highest BCUT2D eigenvalue weighted by Gasteiger charge is 2.15. The van der Waals surface area contributed by atoms with Gasteiger partial charge in [-0.25, -0.2) is 0 Å². The van der Waals surface area contributed by atoms with Crippen LogP contribution in [-0.4, -0.2) is 9.91 Å². The molecule has 0 amide bonds. The van der Waals surface area contributed by atoms with Crippen LogP contribution in [0.1, 0.15) is 30.5 Å². The minimum absolute atomic E-state index is 0.0379. The summed E-state index contributed by atoms with van der Waals surface area (Å²) in [5.74, 6) is -0.286. The van der Waals surface area contributed by atoms with Crippen molar-refractivity contribution in [2.75, 3.05) is 0 Å². The molecule has 0 saturated heterocycles. The van der Waals surface area contributed by atoms with Crippen molar-refractivity contribution < 1.29 is 4.92 Å². The lowest BCUT2D eigenvalue weighted by atomic mass is 9.99. The third-order valence-electron chi connectivity index (χ3n) is 2.21. The SMILES string of the molecule is CCC(C#N)c1ncc([N+](=O)[O-])cc1C. The summed E-state index contributed by atoms with van der Waals surface area (Å²) in [6.45, 7) is 3.62. The van der Waals surface area contributed by atoms with Crippen LogP contribution in [0, 0.1) is 28.4 Å². The number of nitrogens with zero attached hydrogens (tertiary/aromatic N) is 3. The van der Waals surface area contributed by atoms with E-state index in [4.69, 9.17) is 5.26 Å². The number of nitro groups is 1. The number of hydrogen-bond donors (Lipinski definition) is 0. The molecule has 5 nitrogen and oxygen atoms in total. The van der Waals surface area contributed by atoms with E-state index in [0.29, 0.717) is 17.7 Å². The molecule has 15 heavy (non-hydrogen) atoms. The van der Waals surface area contributed by atoms with Crippen molar-refractivity contribution in [2.24, 2.45) is 0 Å². The number of nitriles is 1. The fraction of sp³-hybridized carbons (Fsp3) is 0.400. The van der Waals surface area contributed by atoms with Crippen molar-refractivity contribution in [1.82, 2.24) is 4.98 Å². The molecule has 0 aliphatic rings. The van der Waals surface area contributed by atoms with Crippen LogP contribution in [0.2, 0.25) is 0 Å². The second-order valence-corrected chi connectivity index (χ2v) is 3.24. The minimum Gasteiger partial charge on any atom is -0.258 e. The maximum atomic E-state index is 10.5. The summed E-state index contributed by atoms with van der Waals surface area (Å²) in [5.41, 5.74) is 1.28. The Hall–Kier alpha value is -1.96. The molecule has 0 spiro atoms. The van der Waals surface area contributed by atoms with Gasteiger partial charge in [-0.05, 0) is 18.9 Å². The molecule has 0 aromatic carbocycles. The molecule has 1 rings (SSSR count). The van der Waals surface area contributed by atoms with Crippen LogP contribution < -0.4 is 0 Å². The van der Waals surface area contributed by atoms with Crippen molar-refractivity contribution in [1.29, 1.82) is 5.26 Å². The summed E-state index contributed by atoms with van der Waals surface area (Å²) < 4.78 is 0. The fourth-order valence-electron chi connectivity index (χ4n) is 1.38. The largest absolute Gasteiger partial charge is 0.287 e. The Labute approximate surface area is 87.5 Å². The van der Waals surface area contributed by atoms with Crippen molar-refractivity contribution >= 4 is 5.69 Å². The van der Waals surface area contributed by atoms with Gasteiger partial charge in [0.15, 0.2) is 0 Å². The Bertz CT molecular complexity index is 423. The molecule has 0 saturated carbocycles. The Kier molecular flexibility index (Phi) is 3.34.